The van der Waals surface area contributed by atoms with Gasteiger partial charge in [0.25, 0.3) is 0 Å². The molecule has 0 aliphatic heterocycles. The SMILES string of the molecule is CCN(CC)C(=O)/C=C/c1cc(Cl)c(OCC(C)C)c(OC)c1. The molecular formula is C18H26ClNO3. The Labute approximate surface area is 144 Å². The van der Waals surface area contributed by atoms with Crippen molar-refractivity contribution in [2.75, 3.05) is 26.8 Å². The Kier molecular flexibility index (Phi) is 7.96. The van der Waals surface area contributed by atoms with Crippen LogP contribution in [-0.4, -0.2) is 37.6 Å². The van der Waals surface area contributed by atoms with Crippen LogP contribution in [0, 0.1) is 5.92 Å². The number of methoxy groups -OCH3 is 1. The molecule has 0 fully saturated rings. The molecule has 0 saturated carbocycles. The molecule has 0 bridgehead atoms. The Morgan fingerprint density at radius 2 is 1.96 bits per heavy atom. The summed E-state index contributed by atoms with van der Waals surface area (Å²) in [5, 5.41) is 0.472. The second-order valence-corrected chi connectivity index (χ2v) is 5.99. The van der Waals surface area contributed by atoms with E-state index < -0.39 is 0 Å². The van der Waals surface area contributed by atoms with Gasteiger partial charge in [0.05, 0.1) is 18.7 Å². The molecule has 1 aromatic carbocycles. The fourth-order valence-corrected chi connectivity index (χ4v) is 2.31. The lowest BCUT2D eigenvalue weighted by Crippen LogP contribution is -2.28. The van der Waals surface area contributed by atoms with Gasteiger partial charge in [0.2, 0.25) is 5.91 Å². The van der Waals surface area contributed by atoms with Crippen LogP contribution >= 0.6 is 11.6 Å². The Morgan fingerprint density at radius 1 is 1.30 bits per heavy atom. The Balaban J connectivity index is 2.97. The van der Waals surface area contributed by atoms with Crippen LogP contribution in [0.1, 0.15) is 33.3 Å². The number of rotatable bonds is 8. The lowest BCUT2D eigenvalue weighted by molar-refractivity contribution is -0.125. The summed E-state index contributed by atoms with van der Waals surface area (Å²) in [6, 6.07) is 3.58. The van der Waals surface area contributed by atoms with E-state index in [2.05, 4.69) is 13.8 Å². The maximum absolute atomic E-state index is 12.0. The molecule has 23 heavy (non-hydrogen) atoms. The van der Waals surface area contributed by atoms with Gasteiger partial charge in [-0.3, -0.25) is 4.79 Å². The number of likely N-dealkylation sites (N-methyl/N-ethyl adjacent to an activating group) is 1. The van der Waals surface area contributed by atoms with Crippen molar-refractivity contribution in [3.05, 3.63) is 28.8 Å². The summed E-state index contributed by atoms with van der Waals surface area (Å²) in [5.41, 5.74) is 0.796. The maximum Gasteiger partial charge on any atom is 0.246 e. The van der Waals surface area contributed by atoms with Crippen LogP contribution in [0.15, 0.2) is 18.2 Å². The zero-order valence-electron chi connectivity index (χ0n) is 14.6. The summed E-state index contributed by atoms with van der Waals surface area (Å²) in [6.45, 7) is 9.97. The molecule has 1 amide bonds. The van der Waals surface area contributed by atoms with E-state index in [1.165, 1.54) is 0 Å². The molecule has 0 spiro atoms. The number of hydrogen-bond acceptors (Lipinski definition) is 3. The van der Waals surface area contributed by atoms with Crippen molar-refractivity contribution in [3.63, 3.8) is 0 Å². The number of carbonyl (C=O) groups excluding carboxylic acids is 1. The van der Waals surface area contributed by atoms with Gasteiger partial charge in [-0.15, -0.1) is 0 Å². The van der Waals surface area contributed by atoms with Gasteiger partial charge in [-0.05, 0) is 43.5 Å². The molecule has 0 aromatic heterocycles. The second-order valence-electron chi connectivity index (χ2n) is 5.58. The summed E-state index contributed by atoms with van der Waals surface area (Å²) in [6.07, 6.45) is 3.29. The van der Waals surface area contributed by atoms with Gasteiger partial charge in [-0.1, -0.05) is 25.4 Å². The van der Waals surface area contributed by atoms with Crippen molar-refractivity contribution in [2.24, 2.45) is 5.92 Å². The highest BCUT2D eigenvalue weighted by molar-refractivity contribution is 6.32. The minimum absolute atomic E-state index is 0.0229. The van der Waals surface area contributed by atoms with E-state index >= 15 is 0 Å². The molecular weight excluding hydrogens is 314 g/mol. The number of benzene rings is 1. The fraction of sp³-hybridized carbons (Fsp3) is 0.500. The average molecular weight is 340 g/mol. The lowest BCUT2D eigenvalue weighted by Gasteiger charge is -2.16. The number of ether oxygens (including phenoxy) is 2. The van der Waals surface area contributed by atoms with Crippen LogP contribution in [0.5, 0.6) is 11.5 Å². The molecule has 0 N–H and O–H groups in total. The van der Waals surface area contributed by atoms with Crippen molar-refractivity contribution in [3.8, 4) is 11.5 Å². The summed E-state index contributed by atoms with van der Waals surface area (Å²) in [4.78, 5) is 13.8. The third kappa shape index (κ3) is 5.79. The fourth-order valence-electron chi connectivity index (χ4n) is 2.03. The molecule has 0 heterocycles. The monoisotopic (exact) mass is 339 g/mol. The van der Waals surface area contributed by atoms with Crippen LogP contribution in [0.2, 0.25) is 5.02 Å². The molecule has 0 atom stereocenters. The molecule has 0 aliphatic rings. The molecule has 1 rings (SSSR count). The molecule has 1 aromatic rings. The number of halogens is 1. The molecule has 4 nitrogen and oxygen atoms in total. The second kappa shape index (κ2) is 9.46. The van der Waals surface area contributed by atoms with E-state index in [1.54, 1.807) is 30.2 Å². The standard InChI is InChI=1S/C18H26ClNO3/c1-6-20(7-2)17(21)9-8-14-10-15(19)18(16(11-14)22-5)23-12-13(3)4/h8-11,13H,6-7,12H2,1-5H3/b9-8+. The molecule has 0 aliphatic carbocycles. The summed E-state index contributed by atoms with van der Waals surface area (Å²) in [5.74, 6) is 1.47. The zero-order chi connectivity index (χ0) is 17.4. The van der Waals surface area contributed by atoms with Gasteiger partial charge in [0.1, 0.15) is 0 Å². The molecule has 0 radical (unpaired) electrons. The van der Waals surface area contributed by atoms with Crippen molar-refractivity contribution in [1.29, 1.82) is 0 Å². The van der Waals surface area contributed by atoms with E-state index in [0.29, 0.717) is 42.1 Å². The number of carbonyl (C=O) groups is 1. The minimum Gasteiger partial charge on any atom is -0.493 e. The normalized spacial score (nSPS) is 11.1. The van der Waals surface area contributed by atoms with Crippen molar-refractivity contribution in [1.82, 2.24) is 4.90 Å². The summed E-state index contributed by atoms with van der Waals surface area (Å²) < 4.78 is 11.1. The number of amides is 1. The Bertz CT molecular complexity index is 551. The van der Waals surface area contributed by atoms with Crippen molar-refractivity contribution in [2.45, 2.75) is 27.7 Å². The van der Waals surface area contributed by atoms with Crippen LogP contribution in [0.4, 0.5) is 0 Å². The topological polar surface area (TPSA) is 38.8 Å². The quantitative estimate of drug-likeness (QED) is 0.664. The van der Waals surface area contributed by atoms with Gasteiger partial charge in [-0.25, -0.2) is 0 Å². The lowest BCUT2D eigenvalue weighted by atomic mass is 10.1. The van der Waals surface area contributed by atoms with Crippen LogP contribution in [0.25, 0.3) is 6.08 Å². The first kappa shape index (κ1) is 19.4. The van der Waals surface area contributed by atoms with E-state index in [4.69, 9.17) is 21.1 Å². The number of hydrogen-bond donors (Lipinski definition) is 0. The molecule has 0 saturated heterocycles. The Morgan fingerprint density at radius 3 is 2.48 bits per heavy atom. The first-order valence-electron chi connectivity index (χ1n) is 7.90. The zero-order valence-corrected chi connectivity index (χ0v) is 15.3. The van der Waals surface area contributed by atoms with Gasteiger partial charge < -0.3 is 14.4 Å². The van der Waals surface area contributed by atoms with Gasteiger partial charge in [0.15, 0.2) is 11.5 Å². The van der Waals surface area contributed by atoms with Crippen LogP contribution < -0.4 is 9.47 Å². The predicted octanol–water partition coefficient (Wildman–Crippen LogP) is 4.27. The largest absolute Gasteiger partial charge is 0.493 e. The molecule has 128 valence electrons. The van der Waals surface area contributed by atoms with Gasteiger partial charge >= 0.3 is 0 Å². The highest BCUT2D eigenvalue weighted by Crippen LogP contribution is 2.37. The molecule has 0 unspecified atom stereocenters. The van der Waals surface area contributed by atoms with Gasteiger partial charge in [0, 0.05) is 19.2 Å². The third-order valence-corrected chi connectivity index (χ3v) is 3.59. The average Bonchev–Trinajstić information content (AvgIpc) is 2.52. The van der Waals surface area contributed by atoms with Crippen molar-refractivity contribution >= 4 is 23.6 Å². The van der Waals surface area contributed by atoms with E-state index in [1.807, 2.05) is 19.9 Å². The number of nitrogens with zero attached hydrogens (tertiary/aromatic N) is 1. The van der Waals surface area contributed by atoms with Crippen LogP contribution in [-0.2, 0) is 4.79 Å². The smallest absolute Gasteiger partial charge is 0.246 e. The minimum atomic E-state index is -0.0229. The Hall–Kier alpha value is -1.68. The highest BCUT2D eigenvalue weighted by Gasteiger charge is 2.12. The van der Waals surface area contributed by atoms with E-state index in [9.17, 15) is 4.79 Å². The first-order chi connectivity index (χ1) is 10.9. The van der Waals surface area contributed by atoms with Crippen LogP contribution in [0.3, 0.4) is 0 Å². The summed E-state index contributed by atoms with van der Waals surface area (Å²) >= 11 is 6.29. The van der Waals surface area contributed by atoms with E-state index in [0.717, 1.165) is 5.56 Å². The van der Waals surface area contributed by atoms with Gasteiger partial charge in [-0.2, -0.15) is 0 Å². The third-order valence-electron chi connectivity index (χ3n) is 3.31. The van der Waals surface area contributed by atoms with E-state index in [-0.39, 0.29) is 5.91 Å². The summed E-state index contributed by atoms with van der Waals surface area (Å²) in [7, 11) is 1.57. The maximum atomic E-state index is 12.0. The van der Waals surface area contributed by atoms with Crippen molar-refractivity contribution < 1.29 is 14.3 Å². The molecule has 5 heteroatoms. The predicted molar refractivity (Wildman–Crippen MR) is 95.3 cm³/mol. The first-order valence-corrected chi connectivity index (χ1v) is 8.27. The highest BCUT2D eigenvalue weighted by atomic mass is 35.5.